The molecule has 9 heteroatoms. The number of hydrogen-bond acceptors (Lipinski definition) is 6. The third-order valence-electron chi connectivity index (χ3n) is 5.69. The second-order valence-corrected chi connectivity index (χ2v) is 9.03. The first-order valence-corrected chi connectivity index (χ1v) is 11.6. The van der Waals surface area contributed by atoms with Gasteiger partial charge in [-0.25, -0.2) is 4.98 Å². The lowest BCUT2D eigenvalue weighted by Crippen LogP contribution is -2.43. The van der Waals surface area contributed by atoms with Gasteiger partial charge < -0.3 is 14.6 Å². The quantitative estimate of drug-likeness (QED) is 0.315. The highest BCUT2D eigenvalue weighted by atomic mass is 32.2. The molecule has 1 fully saturated rings. The summed E-state index contributed by atoms with van der Waals surface area (Å²) in [6.45, 7) is 3.10. The predicted molar refractivity (Wildman–Crippen MR) is 122 cm³/mol. The number of rotatable bonds is 11. The van der Waals surface area contributed by atoms with E-state index < -0.39 is 5.41 Å². The number of hydrogen-bond donors (Lipinski definition) is 1. The molecule has 172 valence electrons. The highest BCUT2D eigenvalue weighted by molar-refractivity contribution is 7.99. The van der Waals surface area contributed by atoms with Crippen molar-refractivity contribution >= 4 is 29.5 Å². The molecule has 1 saturated heterocycles. The first kappa shape index (κ1) is 24.0. The first-order chi connectivity index (χ1) is 15.4. The summed E-state index contributed by atoms with van der Waals surface area (Å²) in [6.07, 6.45) is 4.10. The summed E-state index contributed by atoms with van der Waals surface area (Å²) in [4.78, 5) is 44.7. The van der Waals surface area contributed by atoms with Crippen molar-refractivity contribution in [2.75, 3.05) is 32.6 Å². The van der Waals surface area contributed by atoms with Crippen LogP contribution >= 0.6 is 11.8 Å². The monoisotopic (exact) mass is 458 g/mol. The van der Waals surface area contributed by atoms with Gasteiger partial charge in [0.15, 0.2) is 5.16 Å². The number of ether oxygens (including phenoxy) is 1. The average Bonchev–Trinajstić information content (AvgIpc) is 3.27. The number of methoxy groups -OCH3 is 1. The Hall–Kier alpha value is -2.65. The molecule has 0 aliphatic carbocycles. The highest BCUT2D eigenvalue weighted by Crippen LogP contribution is 2.41. The lowest BCUT2D eigenvalue weighted by atomic mass is 9.74. The Labute approximate surface area is 192 Å². The largest absolute Gasteiger partial charge is 0.385 e. The van der Waals surface area contributed by atoms with Crippen molar-refractivity contribution in [2.24, 2.45) is 7.05 Å². The second-order valence-electron chi connectivity index (χ2n) is 7.97. The molecule has 3 amide bonds. The van der Waals surface area contributed by atoms with E-state index in [0.29, 0.717) is 31.9 Å². The number of likely N-dealkylation sites (tertiary alicyclic amines) is 1. The van der Waals surface area contributed by atoms with Crippen molar-refractivity contribution in [3.63, 3.8) is 0 Å². The van der Waals surface area contributed by atoms with Gasteiger partial charge in [-0.1, -0.05) is 36.0 Å². The molecule has 2 aromatic rings. The molecule has 0 spiro atoms. The Morgan fingerprint density at radius 3 is 2.78 bits per heavy atom. The molecule has 2 heterocycles. The zero-order valence-corrected chi connectivity index (χ0v) is 19.6. The molecule has 1 aliphatic rings. The van der Waals surface area contributed by atoms with Crippen LogP contribution in [0.25, 0.3) is 0 Å². The summed E-state index contributed by atoms with van der Waals surface area (Å²) in [5, 5.41) is 3.78. The summed E-state index contributed by atoms with van der Waals surface area (Å²) >= 11 is 1.54. The number of carbonyl (C=O) groups excluding carboxylic acids is 3. The second kappa shape index (κ2) is 10.8. The molecule has 0 saturated carbocycles. The fraction of sp³-hybridized carbons (Fsp3) is 0.478. The maximum Gasteiger partial charge on any atom is 0.240 e. The van der Waals surface area contributed by atoms with Gasteiger partial charge in [-0.2, -0.15) is 0 Å². The van der Waals surface area contributed by atoms with Gasteiger partial charge in [0, 0.05) is 64.8 Å². The topological polar surface area (TPSA) is 93.5 Å². The van der Waals surface area contributed by atoms with Crippen LogP contribution in [0.3, 0.4) is 0 Å². The van der Waals surface area contributed by atoms with E-state index in [0.717, 1.165) is 16.3 Å². The van der Waals surface area contributed by atoms with E-state index in [1.807, 2.05) is 49.0 Å². The van der Waals surface area contributed by atoms with Gasteiger partial charge in [0.25, 0.3) is 0 Å². The Balaban J connectivity index is 1.72. The van der Waals surface area contributed by atoms with Crippen LogP contribution in [0.1, 0.15) is 30.4 Å². The van der Waals surface area contributed by atoms with E-state index >= 15 is 0 Å². The number of nitrogens with zero attached hydrogens (tertiary/aromatic N) is 3. The zero-order valence-electron chi connectivity index (χ0n) is 18.8. The molecular formula is C23H30N4O4S. The minimum absolute atomic E-state index is 0.000884. The number of benzene rings is 1. The summed E-state index contributed by atoms with van der Waals surface area (Å²) in [5.74, 6) is -0.129. The summed E-state index contributed by atoms with van der Waals surface area (Å²) in [7, 11) is 3.50. The molecule has 3 rings (SSSR count). The lowest BCUT2D eigenvalue weighted by molar-refractivity contribution is -0.141. The number of aryl methyl sites for hydroxylation is 2. The van der Waals surface area contributed by atoms with Crippen molar-refractivity contribution < 1.29 is 19.1 Å². The van der Waals surface area contributed by atoms with Crippen LogP contribution in [0.2, 0.25) is 0 Å². The summed E-state index contributed by atoms with van der Waals surface area (Å²) in [5.41, 5.74) is 0.461. The van der Waals surface area contributed by atoms with Gasteiger partial charge in [-0.05, 0) is 24.5 Å². The van der Waals surface area contributed by atoms with Crippen LogP contribution in [0, 0.1) is 6.92 Å². The van der Waals surface area contributed by atoms with Crippen LogP contribution in [-0.4, -0.2) is 64.7 Å². The Morgan fingerprint density at radius 1 is 1.31 bits per heavy atom. The maximum atomic E-state index is 13.5. The fourth-order valence-electron chi connectivity index (χ4n) is 4.11. The Morgan fingerprint density at radius 2 is 2.09 bits per heavy atom. The van der Waals surface area contributed by atoms with Crippen molar-refractivity contribution in [1.82, 2.24) is 19.8 Å². The third kappa shape index (κ3) is 5.21. The highest BCUT2D eigenvalue weighted by Gasteiger charge is 2.53. The van der Waals surface area contributed by atoms with E-state index in [2.05, 4.69) is 10.3 Å². The van der Waals surface area contributed by atoms with Crippen LogP contribution < -0.4 is 5.32 Å². The molecule has 8 nitrogen and oxygen atoms in total. The van der Waals surface area contributed by atoms with Gasteiger partial charge in [-0.3, -0.25) is 19.3 Å². The van der Waals surface area contributed by atoms with Crippen LogP contribution in [0.4, 0.5) is 0 Å². The summed E-state index contributed by atoms with van der Waals surface area (Å²) < 4.78 is 6.98. The summed E-state index contributed by atoms with van der Waals surface area (Å²) in [6, 6.07) is 7.49. The predicted octanol–water partition coefficient (Wildman–Crippen LogP) is 2.06. The molecule has 1 N–H and O–H groups in total. The van der Waals surface area contributed by atoms with Gasteiger partial charge in [0.05, 0.1) is 5.41 Å². The maximum absolute atomic E-state index is 13.5. The molecule has 0 unspecified atom stereocenters. The SMILES string of the molecule is COCCCN1C(=O)C[C@@](CC(=O)NCCSc2nccn2C)(c2ccccc2C)C1=O. The normalized spacial score (nSPS) is 18.4. The Kier molecular flexibility index (Phi) is 8.09. The third-order valence-corrected chi connectivity index (χ3v) is 6.75. The molecule has 1 aromatic heterocycles. The molecule has 1 aromatic carbocycles. The fourth-order valence-corrected chi connectivity index (χ4v) is 4.89. The van der Waals surface area contributed by atoms with Gasteiger partial charge in [0.2, 0.25) is 17.7 Å². The van der Waals surface area contributed by atoms with Crippen molar-refractivity contribution in [3.8, 4) is 0 Å². The molecule has 32 heavy (non-hydrogen) atoms. The number of carbonyl (C=O) groups is 3. The molecule has 0 radical (unpaired) electrons. The van der Waals surface area contributed by atoms with Crippen LogP contribution in [-0.2, 0) is 31.6 Å². The number of imide groups is 1. The minimum atomic E-state index is -1.17. The molecule has 1 atom stereocenters. The van der Waals surface area contributed by atoms with Crippen molar-refractivity contribution in [1.29, 1.82) is 0 Å². The number of nitrogens with one attached hydrogen (secondary N) is 1. The first-order valence-electron chi connectivity index (χ1n) is 10.7. The number of aromatic nitrogens is 2. The van der Waals surface area contributed by atoms with E-state index in [9.17, 15) is 14.4 Å². The molecule has 1 aliphatic heterocycles. The number of thioether (sulfide) groups is 1. The lowest BCUT2D eigenvalue weighted by Gasteiger charge is -2.28. The standard InChI is InChI=1S/C23H30N4O4S/c1-17-7-4-5-8-18(17)23(16-20(29)27(21(23)30)11-6-13-31-3)15-19(28)24-10-14-32-22-25-9-12-26(22)2/h4-5,7-9,12H,6,10-11,13-16H2,1-3H3,(H,24,28)/t23-/m0/s1. The van der Waals surface area contributed by atoms with Gasteiger partial charge in [-0.15, -0.1) is 0 Å². The zero-order chi connectivity index (χ0) is 23.1. The van der Waals surface area contributed by atoms with Gasteiger partial charge >= 0.3 is 0 Å². The molecular weight excluding hydrogens is 428 g/mol. The van der Waals surface area contributed by atoms with Crippen LogP contribution in [0.5, 0.6) is 0 Å². The van der Waals surface area contributed by atoms with E-state index in [-0.39, 0.29) is 30.6 Å². The number of amides is 3. The van der Waals surface area contributed by atoms with Crippen molar-refractivity contribution in [3.05, 3.63) is 47.8 Å². The van der Waals surface area contributed by atoms with E-state index in [4.69, 9.17) is 4.74 Å². The van der Waals surface area contributed by atoms with E-state index in [1.165, 1.54) is 4.90 Å². The van der Waals surface area contributed by atoms with Crippen LogP contribution in [0.15, 0.2) is 41.8 Å². The molecule has 0 bridgehead atoms. The number of imidazole rings is 1. The smallest absolute Gasteiger partial charge is 0.240 e. The Bertz CT molecular complexity index is 976. The van der Waals surface area contributed by atoms with Crippen molar-refractivity contribution in [2.45, 2.75) is 36.8 Å². The minimum Gasteiger partial charge on any atom is -0.385 e. The van der Waals surface area contributed by atoms with E-state index in [1.54, 1.807) is 25.1 Å². The van der Waals surface area contributed by atoms with Gasteiger partial charge in [0.1, 0.15) is 0 Å². The average molecular weight is 459 g/mol.